The molecule has 1 aromatic heterocycles. The molecular weight excluding hydrogens is 252 g/mol. The van der Waals surface area contributed by atoms with E-state index in [1.165, 1.54) is 5.69 Å². The van der Waals surface area contributed by atoms with Gasteiger partial charge in [-0.05, 0) is 30.7 Å². The van der Waals surface area contributed by atoms with Crippen LogP contribution in [0, 0.1) is 5.92 Å². The lowest BCUT2D eigenvalue weighted by atomic mass is 10.00. The van der Waals surface area contributed by atoms with Gasteiger partial charge in [-0.2, -0.15) is 0 Å². The molecule has 0 amide bonds. The maximum Gasteiger partial charge on any atom is 0.163 e. The first-order valence-electron chi connectivity index (χ1n) is 6.99. The van der Waals surface area contributed by atoms with Crippen molar-refractivity contribution in [2.24, 2.45) is 5.92 Å². The van der Waals surface area contributed by atoms with E-state index < -0.39 is 0 Å². The minimum absolute atomic E-state index is 0.233. The van der Waals surface area contributed by atoms with Gasteiger partial charge in [0.1, 0.15) is 5.82 Å². The Kier molecular flexibility index (Phi) is 3.44. The van der Waals surface area contributed by atoms with E-state index in [1.807, 2.05) is 14.1 Å². The summed E-state index contributed by atoms with van der Waals surface area (Å²) in [6.07, 6.45) is 1.89. The molecule has 2 heterocycles. The highest BCUT2D eigenvalue weighted by molar-refractivity contribution is 5.60. The molecule has 0 radical (unpaired) electrons. The second-order valence-corrected chi connectivity index (χ2v) is 5.58. The van der Waals surface area contributed by atoms with Gasteiger partial charge < -0.3 is 14.6 Å². The zero-order chi connectivity index (χ0) is 14.1. The summed E-state index contributed by atoms with van der Waals surface area (Å²) in [5.74, 6) is 2.25. The van der Waals surface area contributed by atoms with E-state index in [-0.39, 0.29) is 6.61 Å². The predicted molar refractivity (Wildman–Crippen MR) is 78.7 cm³/mol. The van der Waals surface area contributed by atoms with Gasteiger partial charge in [-0.15, -0.1) is 10.2 Å². The Morgan fingerprint density at radius 2 is 2.00 bits per heavy atom. The van der Waals surface area contributed by atoms with E-state index in [1.54, 1.807) is 0 Å². The Hall–Kier alpha value is -1.88. The van der Waals surface area contributed by atoms with Crippen molar-refractivity contribution in [1.82, 2.24) is 14.8 Å². The molecule has 5 heteroatoms. The molecule has 0 fully saturated rings. The number of aliphatic hydroxyl groups excluding tert-OH is 1. The van der Waals surface area contributed by atoms with Crippen molar-refractivity contribution in [3.8, 4) is 11.4 Å². The summed E-state index contributed by atoms with van der Waals surface area (Å²) in [4.78, 5) is 2.07. The molecular formula is C15H20N4O. The van der Waals surface area contributed by atoms with E-state index in [2.05, 4.69) is 43.9 Å². The number of fused-ring (bicyclic) bond motifs is 1. The average molecular weight is 272 g/mol. The van der Waals surface area contributed by atoms with Gasteiger partial charge in [0.05, 0.1) is 0 Å². The molecule has 0 bridgehead atoms. The van der Waals surface area contributed by atoms with Crippen molar-refractivity contribution in [1.29, 1.82) is 0 Å². The first-order valence-corrected chi connectivity index (χ1v) is 6.99. The molecule has 20 heavy (non-hydrogen) atoms. The Morgan fingerprint density at radius 1 is 1.25 bits per heavy atom. The van der Waals surface area contributed by atoms with Crippen molar-refractivity contribution in [3.63, 3.8) is 0 Å². The van der Waals surface area contributed by atoms with Crippen LogP contribution in [0.15, 0.2) is 24.3 Å². The van der Waals surface area contributed by atoms with Gasteiger partial charge in [0.25, 0.3) is 0 Å². The van der Waals surface area contributed by atoms with Crippen molar-refractivity contribution < 1.29 is 5.11 Å². The summed E-state index contributed by atoms with van der Waals surface area (Å²) < 4.78 is 2.15. The van der Waals surface area contributed by atoms with Crippen LogP contribution in [0.3, 0.4) is 0 Å². The van der Waals surface area contributed by atoms with Crippen LogP contribution < -0.4 is 4.90 Å². The summed E-state index contributed by atoms with van der Waals surface area (Å²) in [7, 11) is 4.06. The van der Waals surface area contributed by atoms with Crippen molar-refractivity contribution >= 4 is 5.69 Å². The molecule has 106 valence electrons. The minimum atomic E-state index is 0.233. The molecule has 0 saturated heterocycles. The monoisotopic (exact) mass is 272 g/mol. The maximum absolute atomic E-state index is 9.35. The number of aryl methyl sites for hydroxylation is 1. The van der Waals surface area contributed by atoms with Crippen LogP contribution in [0.5, 0.6) is 0 Å². The fourth-order valence-electron chi connectivity index (χ4n) is 2.67. The van der Waals surface area contributed by atoms with Crippen LogP contribution in [0.25, 0.3) is 11.4 Å². The van der Waals surface area contributed by atoms with Crippen LogP contribution >= 0.6 is 0 Å². The topological polar surface area (TPSA) is 54.2 Å². The fraction of sp³-hybridized carbons (Fsp3) is 0.467. The van der Waals surface area contributed by atoms with Crippen LogP contribution in [0.4, 0.5) is 5.69 Å². The third-order valence-corrected chi connectivity index (χ3v) is 3.94. The number of rotatable bonds is 3. The molecule has 0 aliphatic carbocycles. The van der Waals surface area contributed by atoms with E-state index in [9.17, 15) is 5.11 Å². The summed E-state index contributed by atoms with van der Waals surface area (Å²) in [6, 6.07) is 8.33. The molecule has 1 aliphatic rings. The molecule has 1 unspecified atom stereocenters. The van der Waals surface area contributed by atoms with Crippen LogP contribution in [-0.4, -0.2) is 40.6 Å². The molecule has 0 spiro atoms. The quantitative estimate of drug-likeness (QED) is 0.921. The second-order valence-electron chi connectivity index (χ2n) is 5.58. The first-order chi connectivity index (χ1) is 9.69. The lowest BCUT2D eigenvalue weighted by molar-refractivity contribution is 0.191. The number of hydrogen-bond acceptors (Lipinski definition) is 4. The zero-order valence-electron chi connectivity index (χ0n) is 12.0. The van der Waals surface area contributed by atoms with Gasteiger partial charge in [-0.25, -0.2) is 0 Å². The van der Waals surface area contributed by atoms with Crippen molar-refractivity contribution in [2.75, 3.05) is 25.6 Å². The number of aromatic nitrogens is 3. The molecule has 0 saturated carbocycles. The highest BCUT2D eigenvalue weighted by Crippen LogP contribution is 2.26. The fourth-order valence-corrected chi connectivity index (χ4v) is 2.67. The van der Waals surface area contributed by atoms with Gasteiger partial charge in [0.2, 0.25) is 0 Å². The van der Waals surface area contributed by atoms with Gasteiger partial charge in [-0.3, -0.25) is 0 Å². The van der Waals surface area contributed by atoms with Crippen LogP contribution in [-0.2, 0) is 13.0 Å². The van der Waals surface area contributed by atoms with Crippen LogP contribution in [0.2, 0.25) is 0 Å². The summed E-state index contributed by atoms with van der Waals surface area (Å²) in [5.41, 5.74) is 2.24. The number of nitrogens with zero attached hydrogens (tertiary/aromatic N) is 4. The largest absolute Gasteiger partial charge is 0.396 e. The van der Waals surface area contributed by atoms with E-state index in [0.29, 0.717) is 5.92 Å². The number of benzene rings is 1. The first kappa shape index (κ1) is 13.1. The van der Waals surface area contributed by atoms with E-state index >= 15 is 0 Å². The Labute approximate surface area is 118 Å². The van der Waals surface area contributed by atoms with Gasteiger partial charge in [0.15, 0.2) is 5.82 Å². The zero-order valence-corrected chi connectivity index (χ0v) is 12.0. The number of aliphatic hydroxyl groups is 1. The van der Waals surface area contributed by atoms with Crippen molar-refractivity contribution in [2.45, 2.75) is 19.4 Å². The molecule has 1 aliphatic heterocycles. The Bertz CT molecular complexity index is 588. The maximum atomic E-state index is 9.35. The second kappa shape index (κ2) is 5.25. The van der Waals surface area contributed by atoms with Crippen molar-refractivity contribution in [3.05, 3.63) is 30.1 Å². The van der Waals surface area contributed by atoms with E-state index in [0.717, 1.165) is 36.6 Å². The summed E-state index contributed by atoms with van der Waals surface area (Å²) in [6.45, 7) is 1.04. The lowest BCUT2D eigenvalue weighted by Gasteiger charge is -2.22. The minimum Gasteiger partial charge on any atom is -0.396 e. The van der Waals surface area contributed by atoms with Gasteiger partial charge in [-0.1, -0.05) is 0 Å². The SMILES string of the molecule is CN(C)c1ccc(-c2nnc3n2CC(CO)CC3)cc1. The summed E-state index contributed by atoms with van der Waals surface area (Å²) in [5, 5.41) is 18.0. The Balaban J connectivity index is 1.93. The predicted octanol–water partition coefficient (Wildman–Crippen LogP) is 1.57. The molecule has 5 nitrogen and oxygen atoms in total. The number of hydrogen-bond donors (Lipinski definition) is 1. The van der Waals surface area contributed by atoms with E-state index in [4.69, 9.17) is 0 Å². The van der Waals surface area contributed by atoms with Gasteiger partial charge in [0, 0.05) is 50.8 Å². The highest BCUT2D eigenvalue weighted by atomic mass is 16.3. The molecule has 3 rings (SSSR count). The molecule has 1 N–H and O–H groups in total. The van der Waals surface area contributed by atoms with Gasteiger partial charge >= 0.3 is 0 Å². The third kappa shape index (κ3) is 2.29. The normalized spacial score (nSPS) is 17.9. The average Bonchev–Trinajstić information content (AvgIpc) is 2.90. The molecule has 1 aromatic carbocycles. The molecule has 2 aromatic rings. The summed E-state index contributed by atoms with van der Waals surface area (Å²) >= 11 is 0. The standard InChI is InChI=1S/C15H20N4O/c1-18(2)13-6-4-12(5-7-13)15-17-16-14-8-3-11(10-20)9-19(14)15/h4-7,11,20H,3,8-10H2,1-2H3. The van der Waals surface area contributed by atoms with Crippen LogP contribution in [0.1, 0.15) is 12.2 Å². The third-order valence-electron chi connectivity index (χ3n) is 3.94. The highest BCUT2D eigenvalue weighted by Gasteiger charge is 2.22. The molecule has 1 atom stereocenters. The number of anilines is 1. The lowest BCUT2D eigenvalue weighted by Crippen LogP contribution is -2.23. The smallest absolute Gasteiger partial charge is 0.163 e. The Morgan fingerprint density at radius 3 is 2.65 bits per heavy atom.